The zero-order valence-corrected chi connectivity index (χ0v) is 10.7. The second kappa shape index (κ2) is 6.58. The van der Waals surface area contributed by atoms with E-state index < -0.39 is 12.1 Å². The Kier molecular flexibility index (Phi) is 5.10. The van der Waals surface area contributed by atoms with E-state index in [1.54, 1.807) is 19.3 Å². The van der Waals surface area contributed by atoms with Crippen LogP contribution in [0.25, 0.3) is 0 Å². The largest absolute Gasteiger partial charge is 0.453 e. The number of rotatable bonds is 4. The Morgan fingerprint density at radius 2 is 2.22 bits per heavy atom. The molecule has 0 saturated heterocycles. The van der Waals surface area contributed by atoms with Crippen LogP contribution in [-0.2, 0) is 16.1 Å². The van der Waals surface area contributed by atoms with Crippen LogP contribution < -0.4 is 10.6 Å². The molecule has 1 aromatic heterocycles. The van der Waals surface area contributed by atoms with Crippen molar-refractivity contribution in [2.75, 3.05) is 7.11 Å². The van der Waals surface area contributed by atoms with Crippen molar-refractivity contribution in [3.05, 3.63) is 29.6 Å². The van der Waals surface area contributed by atoms with Crippen LogP contribution in [-0.4, -0.2) is 30.1 Å². The highest BCUT2D eigenvalue weighted by molar-refractivity contribution is 5.85. The lowest BCUT2D eigenvalue weighted by atomic mass is 10.1. The maximum absolute atomic E-state index is 11.7. The normalized spacial score (nSPS) is 11.5. The molecule has 1 heterocycles. The molecule has 0 saturated carbocycles. The van der Waals surface area contributed by atoms with Gasteiger partial charge < -0.3 is 15.4 Å². The minimum Gasteiger partial charge on any atom is -0.453 e. The number of aryl methyl sites for hydroxylation is 1. The Morgan fingerprint density at radius 1 is 1.50 bits per heavy atom. The summed E-state index contributed by atoms with van der Waals surface area (Å²) in [6.45, 7) is 3.91. The minimum atomic E-state index is -0.639. The Hall–Kier alpha value is -2.11. The molecule has 0 fully saturated rings. The molecule has 0 radical (unpaired) electrons. The number of hydrogen-bond acceptors (Lipinski definition) is 4. The lowest BCUT2D eigenvalue weighted by Crippen LogP contribution is -2.44. The molecule has 1 atom stereocenters. The summed E-state index contributed by atoms with van der Waals surface area (Å²) in [6, 6.07) is 1.20. The van der Waals surface area contributed by atoms with E-state index in [0.717, 1.165) is 11.1 Å². The number of carbonyl (C=O) groups is 2. The monoisotopic (exact) mass is 251 g/mol. The molecule has 18 heavy (non-hydrogen) atoms. The van der Waals surface area contributed by atoms with Gasteiger partial charge >= 0.3 is 6.09 Å². The van der Waals surface area contributed by atoms with Gasteiger partial charge in [-0.3, -0.25) is 9.78 Å². The number of nitrogens with zero attached hydrogens (tertiary/aromatic N) is 1. The zero-order valence-electron chi connectivity index (χ0n) is 10.7. The van der Waals surface area contributed by atoms with E-state index >= 15 is 0 Å². The Morgan fingerprint density at radius 3 is 2.83 bits per heavy atom. The quantitative estimate of drug-likeness (QED) is 0.827. The van der Waals surface area contributed by atoms with Crippen LogP contribution in [0.15, 0.2) is 18.5 Å². The highest BCUT2D eigenvalue weighted by Crippen LogP contribution is 2.04. The van der Waals surface area contributed by atoms with E-state index in [0.29, 0.717) is 6.54 Å². The molecule has 1 aromatic rings. The van der Waals surface area contributed by atoms with Gasteiger partial charge in [-0.15, -0.1) is 0 Å². The van der Waals surface area contributed by atoms with E-state index in [4.69, 9.17) is 0 Å². The number of aromatic nitrogens is 1. The van der Waals surface area contributed by atoms with Gasteiger partial charge in [0.25, 0.3) is 0 Å². The fourth-order valence-corrected chi connectivity index (χ4v) is 1.34. The van der Waals surface area contributed by atoms with Crippen molar-refractivity contribution in [1.29, 1.82) is 0 Å². The summed E-state index contributed by atoms with van der Waals surface area (Å²) < 4.78 is 4.41. The molecule has 6 nitrogen and oxygen atoms in total. The van der Waals surface area contributed by atoms with Crippen LogP contribution in [0, 0.1) is 6.92 Å². The molecule has 2 N–H and O–H groups in total. The van der Waals surface area contributed by atoms with Gasteiger partial charge in [-0.2, -0.15) is 0 Å². The van der Waals surface area contributed by atoms with Crippen LogP contribution >= 0.6 is 0 Å². The summed E-state index contributed by atoms with van der Waals surface area (Å²) in [5.41, 5.74) is 2.00. The van der Waals surface area contributed by atoms with Crippen LogP contribution in [0.5, 0.6) is 0 Å². The smallest absolute Gasteiger partial charge is 0.407 e. The van der Waals surface area contributed by atoms with E-state index in [1.165, 1.54) is 7.11 Å². The first kappa shape index (κ1) is 14.0. The van der Waals surface area contributed by atoms with Crippen molar-refractivity contribution in [2.24, 2.45) is 0 Å². The molecule has 0 aromatic carbocycles. The van der Waals surface area contributed by atoms with E-state index in [9.17, 15) is 9.59 Å². The van der Waals surface area contributed by atoms with Crippen LogP contribution in [0.2, 0.25) is 0 Å². The van der Waals surface area contributed by atoms with Crippen molar-refractivity contribution in [2.45, 2.75) is 26.4 Å². The average Bonchev–Trinajstić information content (AvgIpc) is 2.37. The molecule has 0 aliphatic rings. The molecule has 98 valence electrons. The van der Waals surface area contributed by atoms with Crippen molar-refractivity contribution < 1.29 is 14.3 Å². The van der Waals surface area contributed by atoms with Gasteiger partial charge in [-0.05, 0) is 31.0 Å². The van der Waals surface area contributed by atoms with Crippen molar-refractivity contribution in [3.63, 3.8) is 0 Å². The first-order chi connectivity index (χ1) is 8.54. The fraction of sp³-hybridized carbons (Fsp3) is 0.417. The topological polar surface area (TPSA) is 80.3 Å². The summed E-state index contributed by atoms with van der Waals surface area (Å²) in [5, 5.41) is 5.13. The van der Waals surface area contributed by atoms with Crippen LogP contribution in [0.4, 0.5) is 4.79 Å². The zero-order chi connectivity index (χ0) is 13.5. The maximum Gasteiger partial charge on any atom is 0.407 e. The van der Waals surface area contributed by atoms with Crippen molar-refractivity contribution in [1.82, 2.24) is 15.6 Å². The van der Waals surface area contributed by atoms with Crippen LogP contribution in [0.3, 0.4) is 0 Å². The van der Waals surface area contributed by atoms with Crippen molar-refractivity contribution >= 4 is 12.0 Å². The number of alkyl carbamates (subject to hydrolysis) is 1. The van der Waals surface area contributed by atoms with Crippen molar-refractivity contribution in [3.8, 4) is 0 Å². The molecule has 0 bridgehead atoms. The third kappa shape index (κ3) is 4.04. The molecule has 1 rings (SSSR count). The molecular formula is C12H17N3O3. The maximum atomic E-state index is 11.7. The average molecular weight is 251 g/mol. The highest BCUT2D eigenvalue weighted by Gasteiger charge is 2.15. The van der Waals surface area contributed by atoms with E-state index in [2.05, 4.69) is 20.4 Å². The minimum absolute atomic E-state index is 0.267. The Balaban J connectivity index is 2.46. The van der Waals surface area contributed by atoms with Gasteiger partial charge in [-0.1, -0.05) is 0 Å². The van der Waals surface area contributed by atoms with E-state index in [-0.39, 0.29) is 5.91 Å². The predicted molar refractivity (Wildman–Crippen MR) is 65.8 cm³/mol. The first-order valence-corrected chi connectivity index (χ1v) is 5.56. The SMILES string of the molecule is COC(=O)NC(C)C(=O)NCc1ccncc1C. The summed E-state index contributed by atoms with van der Waals surface area (Å²) in [6.07, 6.45) is 2.78. The lowest BCUT2D eigenvalue weighted by molar-refractivity contribution is -0.122. The van der Waals surface area contributed by atoms with Gasteiger partial charge in [0.1, 0.15) is 6.04 Å². The van der Waals surface area contributed by atoms with Gasteiger partial charge in [-0.25, -0.2) is 4.79 Å². The summed E-state index contributed by atoms with van der Waals surface area (Å²) in [4.78, 5) is 26.6. The molecule has 2 amide bonds. The van der Waals surface area contributed by atoms with Gasteiger partial charge in [0, 0.05) is 18.9 Å². The number of ether oxygens (including phenoxy) is 1. The van der Waals surface area contributed by atoms with E-state index in [1.807, 2.05) is 13.0 Å². The van der Waals surface area contributed by atoms with Gasteiger partial charge in [0.05, 0.1) is 7.11 Å². The Labute approximate surface area is 106 Å². The second-order valence-corrected chi connectivity index (χ2v) is 3.88. The summed E-state index contributed by atoms with van der Waals surface area (Å²) >= 11 is 0. The lowest BCUT2D eigenvalue weighted by Gasteiger charge is -2.13. The van der Waals surface area contributed by atoms with Crippen LogP contribution in [0.1, 0.15) is 18.1 Å². The fourth-order valence-electron chi connectivity index (χ4n) is 1.34. The third-order valence-corrected chi connectivity index (χ3v) is 2.50. The number of carbonyl (C=O) groups excluding carboxylic acids is 2. The third-order valence-electron chi connectivity index (χ3n) is 2.50. The van der Waals surface area contributed by atoms with Gasteiger partial charge in [0.2, 0.25) is 5.91 Å². The molecule has 0 spiro atoms. The number of nitrogens with one attached hydrogen (secondary N) is 2. The Bertz CT molecular complexity index is 434. The number of methoxy groups -OCH3 is 1. The number of amides is 2. The highest BCUT2D eigenvalue weighted by atomic mass is 16.5. The first-order valence-electron chi connectivity index (χ1n) is 5.56. The second-order valence-electron chi connectivity index (χ2n) is 3.88. The van der Waals surface area contributed by atoms with Gasteiger partial charge in [0.15, 0.2) is 0 Å². The number of hydrogen-bond donors (Lipinski definition) is 2. The summed E-state index contributed by atoms with van der Waals surface area (Å²) in [7, 11) is 1.25. The number of pyridine rings is 1. The molecule has 0 aliphatic heterocycles. The standard InChI is InChI=1S/C12H17N3O3/c1-8-6-13-5-4-10(8)7-14-11(16)9(2)15-12(17)18-3/h4-6,9H,7H2,1-3H3,(H,14,16)(H,15,17). The molecule has 6 heteroatoms. The predicted octanol–water partition coefficient (Wildman–Crippen LogP) is 0.751. The molecule has 0 aliphatic carbocycles. The molecular weight excluding hydrogens is 234 g/mol. The summed E-state index contributed by atoms with van der Waals surface area (Å²) in [5.74, 6) is -0.267. The molecule has 1 unspecified atom stereocenters.